The van der Waals surface area contributed by atoms with E-state index in [-0.39, 0.29) is 42.9 Å². The first-order valence-electron chi connectivity index (χ1n) is 8.81. The van der Waals surface area contributed by atoms with Gasteiger partial charge in [0, 0.05) is 18.8 Å². The molecular weight excluding hydrogens is 403 g/mol. The first-order chi connectivity index (χ1) is 14.4. The highest BCUT2D eigenvalue weighted by Crippen LogP contribution is 2.32. The van der Waals surface area contributed by atoms with Crippen LogP contribution >= 0.6 is 0 Å². The Morgan fingerprint density at radius 1 is 1.16 bits per heavy atom. The third kappa shape index (κ3) is 3.80. The maximum atomic E-state index is 14.1. The summed E-state index contributed by atoms with van der Waals surface area (Å²) in [7, 11) is 1.29. The van der Waals surface area contributed by atoms with Crippen LogP contribution in [0.5, 0.6) is 0 Å². The highest BCUT2D eigenvalue weighted by Gasteiger charge is 2.22. The molecule has 10 nitrogen and oxygen atoms in total. The molecule has 0 atom stereocenters. The number of nitrogens with zero attached hydrogens (tertiary/aromatic N) is 6. The number of aromatic nitrogens is 5. The zero-order valence-corrected chi connectivity index (χ0v) is 15.8. The molecule has 0 aliphatic heterocycles. The second-order valence-electron chi connectivity index (χ2n) is 6.48. The maximum absolute atomic E-state index is 14.1. The van der Waals surface area contributed by atoms with Crippen molar-refractivity contribution in [1.29, 1.82) is 0 Å². The van der Waals surface area contributed by atoms with E-state index >= 15 is 0 Å². The Labute approximate surface area is 177 Å². The summed E-state index contributed by atoms with van der Waals surface area (Å²) in [6.07, 6.45) is 0.341. The SMILES string of the molecule is C.CN(C(=O)O)c1c(N)nc(-c2nn(Cc3ccccc3F)c3ncccc23)nc1N. The Bertz CT molecular complexity index is 1250. The van der Waals surface area contributed by atoms with E-state index in [9.17, 15) is 14.3 Å². The third-order valence-electron chi connectivity index (χ3n) is 4.56. The molecule has 0 unspecified atom stereocenters. The smallest absolute Gasteiger partial charge is 0.411 e. The molecule has 1 amide bonds. The third-order valence-corrected chi connectivity index (χ3v) is 4.56. The molecule has 0 spiro atoms. The van der Waals surface area contributed by atoms with Gasteiger partial charge in [-0.15, -0.1) is 0 Å². The predicted octanol–water partition coefficient (Wildman–Crippen LogP) is 2.99. The van der Waals surface area contributed by atoms with Crippen LogP contribution in [-0.2, 0) is 6.54 Å². The van der Waals surface area contributed by atoms with Gasteiger partial charge in [0.25, 0.3) is 0 Å². The van der Waals surface area contributed by atoms with Crippen LogP contribution in [0.3, 0.4) is 0 Å². The lowest BCUT2D eigenvalue weighted by atomic mass is 10.2. The van der Waals surface area contributed by atoms with Gasteiger partial charge in [-0.2, -0.15) is 5.10 Å². The van der Waals surface area contributed by atoms with Crippen LogP contribution in [0.4, 0.5) is 26.5 Å². The number of rotatable bonds is 4. The van der Waals surface area contributed by atoms with Gasteiger partial charge in [0.2, 0.25) is 0 Å². The first-order valence-corrected chi connectivity index (χ1v) is 8.81. The van der Waals surface area contributed by atoms with Gasteiger partial charge in [-0.1, -0.05) is 25.6 Å². The number of nitrogen functional groups attached to an aromatic ring is 2. The lowest BCUT2D eigenvalue weighted by Crippen LogP contribution is -2.26. The summed E-state index contributed by atoms with van der Waals surface area (Å²) in [5.74, 6) is -0.464. The normalized spacial score (nSPS) is 10.6. The van der Waals surface area contributed by atoms with E-state index in [0.29, 0.717) is 22.3 Å². The molecule has 5 N–H and O–H groups in total. The molecule has 11 heteroatoms. The molecule has 3 heterocycles. The number of carbonyl (C=O) groups is 1. The summed E-state index contributed by atoms with van der Waals surface area (Å²) < 4.78 is 15.7. The van der Waals surface area contributed by atoms with Crippen molar-refractivity contribution in [2.75, 3.05) is 23.4 Å². The lowest BCUT2D eigenvalue weighted by molar-refractivity contribution is 0.203. The van der Waals surface area contributed by atoms with E-state index < -0.39 is 6.09 Å². The second-order valence-corrected chi connectivity index (χ2v) is 6.48. The topological polar surface area (TPSA) is 149 Å². The Morgan fingerprint density at radius 2 is 1.84 bits per heavy atom. The van der Waals surface area contributed by atoms with E-state index in [2.05, 4.69) is 20.1 Å². The van der Waals surface area contributed by atoms with E-state index in [0.717, 1.165) is 4.90 Å². The summed E-state index contributed by atoms with van der Waals surface area (Å²) >= 11 is 0. The zero-order chi connectivity index (χ0) is 21.4. The standard InChI is InChI=1S/C19H17FN8O2.CH4/c1-27(19(29)30)14-15(21)24-17(25-16(14)22)13-11-6-4-8-23-18(11)28(26-13)9-10-5-2-3-7-12(10)20;/h2-8H,9H2,1H3,(H,29,30)(H4,21,22,24,25);1H4. The number of fused-ring (bicyclic) bond motifs is 1. The van der Waals surface area contributed by atoms with Gasteiger partial charge in [-0.05, 0) is 18.2 Å². The van der Waals surface area contributed by atoms with Crippen molar-refractivity contribution in [2.45, 2.75) is 14.0 Å². The number of nitrogens with two attached hydrogens (primary N) is 2. The average Bonchev–Trinajstić information content (AvgIpc) is 3.07. The highest BCUT2D eigenvalue weighted by atomic mass is 19.1. The Balaban J connectivity index is 0.00000272. The van der Waals surface area contributed by atoms with Crippen LogP contribution < -0.4 is 16.4 Å². The maximum Gasteiger partial charge on any atom is 0.411 e. The predicted molar refractivity (Wildman–Crippen MR) is 116 cm³/mol. The number of anilines is 3. The number of benzene rings is 1. The molecule has 0 saturated heterocycles. The van der Waals surface area contributed by atoms with Crippen molar-refractivity contribution in [3.05, 3.63) is 54.0 Å². The minimum Gasteiger partial charge on any atom is -0.465 e. The number of hydrogen-bond acceptors (Lipinski definition) is 7. The molecule has 31 heavy (non-hydrogen) atoms. The number of pyridine rings is 1. The van der Waals surface area contributed by atoms with Crippen molar-refractivity contribution < 1.29 is 14.3 Å². The molecule has 0 fully saturated rings. The molecule has 4 aromatic rings. The summed E-state index contributed by atoms with van der Waals surface area (Å²) in [5.41, 5.74) is 13.2. The van der Waals surface area contributed by atoms with Gasteiger partial charge in [0.1, 0.15) is 17.2 Å². The molecule has 0 saturated carbocycles. The van der Waals surface area contributed by atoms with Gasteiger partial charge < -0.3 is 16.6 Å². The Morgan fingerprint density at radius 3 is 2.48 bits per heavy atom. The van der Waals surface area contributed by atoms with Crippen LogP contribution in [0.25, 0.3) is 22.6 Å². The fourth-order valence-electron chi connectivity index (χ4n) is 3.11. The minimum absolute atomic E-state index is 0. The van der Waals surface area contributed by atoms with Gasteiger partial charge in [0.15, 0.2) is 23.1 Å². The molecule has 0 aliphatic carbocycles. The molecule has 160 valence electrons. The molecular formula is C20H21FN8O2. The van der Waals surface area contributed by atoms with E-state index in [4.69, 9.17) is 11.5 Å². The monoisotopic (exact) mass is 424 g/mol. The van der Waals surface area contributed by atoms with Crippen molar-refractivity contribution in [3.63, 3.8) is 0 Å². The number of hydrogen-bond donors (Lipinski definition) is 3. The minimum atomic E-state index is -1.26. The zero-order valence-electron chi connectivity index (χ0n) is 15.8. The molecule has 1 aromatic carbocycles. The summed E-state index contributed by atoms with van der Waals surface area (Å²) in [6.45, 7) is 0.144. The molecule has 0 bridgehead atoms. The number of carboxylic acid groups (broad SMARTS) is 1. The van der Waals surface area contributed by atoms with E-state index in [1.165, 1.54) is 17.8 Å². The van der Waals surface area contributed by atoms with Gasteiger partial charge in [-0.25, -0.2) is 28.8 Å². The number of halogens is 1. The lowest BCUT2D eigenvalue weighted by Gasteiger charge is -2.16. The molecule has 4 rings (SSSR count). The largest absolute Gasteiger partial charge is 0.465 e. The highest BCUT2D eigenvalue weighted by molar-refractivity contribution is 5.95. The average molecular weight is 424 g/mol. The summed E-state index contributed by atoms with van der Waals surface area (Å²) in [6, 6.07) is 9.88. The fraction of sp³-hybridized carbons (Fsp3) is 0.150. The van der Waals surface area contributed by atoms with Gasteiger partial charge >= 0.3 is 6.09 Å². The quantitative estimate of drug-likeness (QED) is 0.452. The van der Waals surface area contributed by atoms with Crippen LogP contribution in [0, 0.1) is 5.82 Å². The van der Waals surface area contributed by atoms with Crippen molar-refractivity contribution >= 4 is 34.4 Å². The first kappa shape index (κ1) is 21.4. The summed E-state index contributed by atoms with van der Waals surface area (Å²) in [4.78, 5) is 24.8. The van der Waals surface area contributed by atoms with E-state index in [1.807, 2.05) is 0 Å². The Kier molecular flexibility index (Phi) is 5.68. The molecule has 0 radical (unpaired) electrons. The molecule has 3 aromatic heterocycles. The fourth-order valence-corrected chi connectivity index (χ4v) is 3.11. The van der Waals surface area contributed by atoms with E-state index in [1.54, 1.807) is 36.5 Å². The van der Waals surface area contributed by atoms with Gasteiger partial charge in [0.05, 0.1) is 11.9 Å². The van der Waals surface area contributed by atoms with Crippen LogP contribution in [0.1, 0.15) is 13.0 Å². The van der Waals surface area contributed by atoms with Crippen LogP contribution in [-0.4, -0.2) is 43.0 Å². The summed E-state index contributed by atoms with van der Waals surface area (Å²) in [5, 5.41) is 14.3. The molecule has 0 aliphatic rings. The van der Waals surface area contributed by atoms with Crippen LogP contribution in [0.15, 0.2) is 42.6 Å². The van der Waals surface area contributed by atoms with Crippen LogP contribution in [0.2, 0.25) is 0 Å². The van der Waals surface area contributed by atoms with Crippen molar-refractivity contribution in [3.8, 4) is 11.5 Å². The van der Waals surface area contributed by atoms with Crippen molar-refractivity contribution in [2.24, 2.45) is 0 Å². The van der Waals surface area contributed by atoms with Gasteiger partial charge in [-0.3, -0.25) is 4.90 Å². The Hall–Kier alpha value is -4.28. The van der Waals surface area contributed by atoms with Crippen molar-refractivity contribution in [1.82, 2.24) is 24.7 Å². The number of amides is 1. The second kappa shape index (κ2) is 8.22.